The van der Waals surface area contributed by atoms with E-state index in [9.17, 15) is 13.2 Å². The minimum atomic E-state index is -3.28. The van der Waals surface area contributed by atoms with Crippen molar-refractivity contribution in [1.29, 1.82) is 0 Å². The third-order valence-electron chi connectivity index (χ3n) is 4.05. The van der Waals surface area contributed by atoms with Gasteiger partial charge in [0, 0.05) is 12.3 Å². The first-order chi connectivity index (χ1) is 12.7. The van der Waals surface area contributed by atoms with Gasteiger partial charge >= 0.3 is 0 Å². The van der Waals surface area contributed by atoms with E-state index < -0.39 is 9.84 Å². The van der Waals surface area contributed by atoms with Crippen molar-refractivity contribution in [3.63, 3.8) is 0 Å². The molecule has 1 amide bonds. The van der Waals surface area contributed by atoms with Gasteiger partial charge in [0.1, 0.15) is 0 Å². The normalized spacial score (nSPS) is 12.1. The van der Waals surface area contributed by atoms with Crippen molar-refractivity contribution in [2.75, 3.05) is 11.6 Å². The van der Waals surface area contributed by atoms with E-state index in [0.29, 0.717) is 21.3 Å². The highest BCUT2D eigenvalue weighted by Crippen LogP contribution is 2.28. The number of aromatic nitrogens is 1. The second kappa shape index (κ2) is 7.62. The topological polar surface area (TPSA) is 76.1 Å². The maximum Gasteiger partial charge on any atom is 0.250 e. The molecule has 0 unspecified atom stereocenters. The third kappa shape index (κ3) is 4.81. The Morgan fingerprint density at radius 2 is 1.85 bits per heavy atom. The second-order valence-corrected chi connectivity index (χ2v) is 9.61. The molecule has 2 aromatic carbocycles. The Balaban J connectivity index is 1.71. The molecular formula is C20H20N2O3S2. The predicted molar refractivity (Wildman–Crippen MR) is 111 cm³/mol. The summed E-state index contributed by atoms with van der Waals surface area (Å²) in [5.74, 6) is 0.180. The number of rotatable bonds is 5. The predicted octanol–water partition coefficient (Wildman–Crippen LogP) is 4.48. The summed E-state index contributed by atoms with van der Waals surface area (Å²) >= 11 is 1.24. The van der Waals surface area contributed by atoms with Crippen molar-refractivity contribution in [2.24, 2.45) is 0 Å². The van der Waals surface area contributed by atoms with Crippen LogP contribution in [0.15, 0.2) is 53.4 Å². The Morgan fingerprint density at radius 3 is 2.48 bits per heavy atom. The van der Waals surface area contributed by atoms with E-state index in [-0.39, 0.29) is 10.8 Å². The number of hydrogen-bond acceptors (Lipinski definition) is 5. The van der Waals surface area contributed by atoms with Crippen LogP contribution in [0, 0.1) is 0 Å². The van der Waals surface area contributed by atoms with Gasteiger partial charge in [-0.3, -0.25) is 10.1 Å². The lowest BCUT2D eigenvalue weighted by Crippen LogP contribution is -2.07. The molecule has 3 aromatic rings. The first kappa shape index (κ1) is 19.3. The zero-order valence-corrected chi connectivity index (χ0v) is 16.9. The molecule has 27 heavy (non-hydrogen) atoms. The van der Waals surface area contributed by atoms with Gasteiger partial charge in [-0.2, -0.15) is 0 Å². The molecule has 0 aliphatic rings. The summed E-state index contributed by atoms with van der Waals surface area (Å²) in [6.45, 7) is 4.27. The summed E-state index contributed by atoms with van der Waals surface area (Å²) < 4.78 is 24.0. The van der Waals surface area contributed by atoms with Gasteiger partial charge in [-0.25, -0.2) is 13.4 Å². The number of nitrogens with one attached hydrogen (secondary N) is 1. The lowest BCUT2D eigenvalue weighted by molar-refractivity contribution is -0.111. The van der Waals surface area contributed by atoms with Crippen LogP contribution in [0.25, 0.3) is 16.3 Å². The number of thiazole rings is 1. The molecule has 0 bridgehead atoms. The third-order valence-corrected chi connectivity index (χ3v) is 6.09. The number of anilines is 1. The van der Waals surface area contributed by atoms with E-state index in [1.807, 2.05) is 12.1 Å². The number of amides is 1. The van der Waals surface area contributed by atoms with Gasteiger partial charge in [0.05, 0.1) is 15.1 Å². The highest BCUT2D eigenvalue weighted by atomic mass is 32.2. The summed E-state index contributed by atoms with van der Waals surface area (Å²) in [6.07, 6.45) is 4.36. The van der Waals surface area contributed by atoms with Crippen LogP contribution in [0.2, 0.25) is 0 Å². The molecule has 3 rings (SSSR count). The highest BCUT2D eigenvalue weighted by Gasteiger charge is 2.11. The van der Waals surface area contributed by atoms with Gasteiger partial charge in [0.2, 0.25) is 5.91 Å². The van der Waals surface area contributed by atoms with Crippen molar-refractivity contribution in [3.8, 4) is 0 Å². The molecule has 0 atom stereocenters. The Bertz CT molecular complexity index is 1110. The van der Waals surface area contributed by atoms with Crippen LogP contribution in [-0.4, -0.2) is 25.6 Å². The van der Waals surface area contributed by atoms with E-state index in [0.717, 1.165) is 11.8 Å². The first-order valence-electron chi connectivity index (χ1n) is 8.42. The van der Waals surface area contributed by atoms with Crippen molar-refractivity contribution in [2.45, 2.75) is 24.7 Å². The van der Waals surface area contributed by atoms with Crippen molar-refractivity contribution >= 4 is 48.5 Å². The summed E-state index contributed by atoms with van der Waals surface area (Å²) in [5.41, 5.74) is 2.84. The molecule has 1 heterocycles. The maximum absolute atomic E-state index is 12.1. The Hall–Kier alpha value is -2.51. The van der Waals surface area contributed by atoms with Gasteiger partial charge in [-0.05, 0) is 41.3 Å². The molecule has 1 aromatic heterocycles. The zero-order valence-electron chi connectivity index (χ0n) is 15.3. The molecule has 0 fully saturated rings. The number of benzene rings is 2. The fourth-order valence-corrected chi connectivity index (χ4v) is 4.13. The van der Waals surface area contributed by atoms with Gasteiger partial charge in [0.15, 0.2) is 15.0 Å². The fourth-order valence-electron chi connectivity index (χ4n) is 2.50. The van der Waals surface area contributed by atoms with Crippen LogP contribution in [0.3, 0.4) is 0 Å². The van der Waals surface area contributed by atoms with Crippen LogP contribution in [0.5, 0.6) is 0 Å². The van der Waals surface area contributed by atoms with Crippen LogP contribution in [-0.2, 0) is 14.6 Å². The minimum absolute atomic E-state index is 0.237. The molecule has 1 N–H and O–H groups in total. The molecule has 5 nitrogen and oxygen atoms in total. The first-order valence-corrected chi connectivity index (χ1v) is 11.1. The Kier molecular flexibility index (Phi) is 5.43. The molecule has 0 saturated heterocycles. The van der Waals surface area contributed by atoms with Crippen LogP contribution in [0.4, 0.5) is 5.13 Å². The van der Waals surface area contributed by atoms with Gasteiger partial charge in [-0.1, -0.05) is 49.4 Å². The summed E-state index contributed by atoms with van der Waals surface area (Å²) in [6, 6.07) is 12.8. The fraction of sp³-hybridized carbons (Fsp3) is 0.200. The summed E-state index contributed by atoms with van der Waals surface area (Å²) in [5, 5.41) is 3.15. The van der Waals surface area contributed by atoms with Crippen LogP contribution >= 0.6 is 11.3 Å². The standard InChI is InChI=1S/C20H20N2O3S2/c1-13(2)15-7-4-14(5-8-15)6-11-19(23)22-20-21-17-10-9-16(27(3,24)25)12-18(17)26-20/h4-13H,1-3H3,(H,21,22,23)/b11-6+. The van der Waals surface area contributed by atoms with E-state index in [4.69, 9.17) is 0 Å². The molecule has 0 aliphatic carbocycles. The average Bonchev–Trinajstić information content (AvgIpc) is 3.00. The quantitative estimate of drug-likeness (QED) is 0.641. The van der Waals surface area contributed by atoms with Crippen LogP contribution < -0.4 is 5.32 Å². The smallest absolute Gasteiger partial charge is 0.250 e. The van der Waals surface area contributed by atoms with E-state index in [1.54, 1.807) is 18.2 Å². The molecule has 7 heteroatoms. The van der Waals surface area contributed by atoms with Gasteiger partial charge in [-0.15, -0.1) is 0 Å². The van der Waals surface area contributed by atoms with Gasteiger partial charge < -0.3 is 0 Å². The second-order valence-electron chi connectivity index (χ2n) is 6.56. The number of nitrogens with zero attached hydrogens (tertiary/aromatic N) is 1. The molecule has 0 saturated carbocycles. The summed E-state index contributed by atoms with van der Waals surface area (Å²) in [7, 11) is -3.28. The maximum atomic E-state index is 12.1. The largest absolute Gasteiger partial charge is 0.298 e. The van der Waals surface area contributed by atoms with Crippen LogP contribution in [0.1, 0.15) is 30.9 Å². The molecule has 0 aliphatic heterocycles. The SMILES string of the molecule is CC(C)c1ccc(/C=C/C(=O)Nc2nc3ccc(S(C)(=O)=O)cc3s2)cc1. The molecule has 140 valence electrons. The highest BCUT2D eigenvalue weighted by molar-refractivity contribution is 7.90. The van der Waals surface area contributed by atoms with E-state index >= 15 is 0 Å². The zero-order chi connectivity index (χ0) is 19.6. The van der Waals surface area contributed by atoms with Gasteiger partial charge in [0.25, 0.3) is 0 Å². The lowest BCUT2D eigenvalue weighted by Gasteiger charge is -2.04. The molecular weight excluding hydrogens is 380 g/mol. The molecule has 0 spiro atoms. The molecule has 0 radical (unpaired) electrons. The Labute approximate surface area is 162 Å². The van der Waals surface area contributed by atoms with Crippen molar-refractivity contribution in [3.05, 3.63) is 59.7 Å². The monoisotopic (exact) mass is 400 g/mol. The summed E-state index contributed by atoms with van der Waals surface area (Å²) in [4.78, 5) is 16.7. The van der Waals surface area contributed by atoms with Crippen molar-refractivity contribution in [1.82, 2.24) is 4.98 Å². The lowest BCUT2D eigenvalue weighted by atomic mass is 10.0. The van der Waals surface area contributed by atoms with E-state index in [2.05, 4.69) is 36.3 Å². The number of carbonyl (C=O) groups is 1. The average molecular weight is 401 g/mol. The minimum Gasteiger partial charge on any atom is -0.298 e. The number of fused-ring (bicyclic) bond motifs is 1. The van der Waals surface area contributed by atoms with Crippen molar-refractivity contribution < 1.29 is 13.2 Å². The number of carbonyl (C=O) groups excluding carboxylic acids is 1. The van der Waals surface area contributed by atoms with E-state index in [1.165, 1.54) is 29.0 Å². The Morgan fingerprint density at radius 1 is 1.15 bits per heavy atom. The number of hydrogen-bond donors (Lipinski definition) is 1. The number of sulfone groups is 1.